The van der Waals surface area contributed by atoms with Gasteiger partial charge in [0.1, 0.15) is 5.82 Å². The van der Waals surface area contributed by atoms with Crippen LogP contribution in [0.1, 0.15) is 39.4 Å². The summed E-state index contributed by atoms with van der Waals surface area (Å²) in [7, 11) is 0. The largest absolute Gasteiger partial charge is 0.368 e. The second-order valence-electron chi connectivity index (χ2n) is 5.29. The molecule has 0 saturated heterocycles. The first kappa shape index (κ1) is 10.1. The molecule has 1 heterocycles. The summed E-state index contributed by atoms with van der Waals surface area (Å²) in [6, 6.07) is 0. The van der Waals surface area contributed by atoms with E-state index in [-0.39, 0.29) is 22.7 Å². The van der Waals surface area contributed by atoms with Crippen molar-refractivity contribution in [3.05, 3.63) is 5.82 Å². The molecule has 0 aliphatic heterocycles. The lowest BCUT2D eigenvalue weighted by Crippen LogP contribution is -2.07. The maximum absolute atomic E-state index is 5.56. The number of hydrogen-bond acceptors (Lipinski definition) is 5. The van der Waals surface area contributed by atoms with Crippen LogP contribution in [0.25, 0.3) is 0 Å². The van der Waals surface area contributed by atoms with Gasteiger partial charge in [0, 0.05) is 5.92 Å². The van der Waals surface area contributed by atoms with E-state index in [2.05, 4.69) is 42.6 Å². The van der Waals surface area contributed by atoms with Crippen molar-refractivity contribution in [3.8, 4) is 0 Å². The molecule has 2 rings (SSSR count). The summed E-state index contributed by atoms with van der Waals surface area (Å²) in [6.45, 7) is 8.81. The van der Waals surface area contributed by atoms with Crippen molar-refractivity contribution in [2.24, 2.45) is 10.8 Å². The molecule has 5 nitrogen and oxygen atoms in total. The van der Waals surface area contributed by atoms with Crippen LogP contribution in [0, 0.1) is 10.8 Å². The number of anilines is 2. The average Bonchev–Trinajstić information content (AvgIpc) is 2.39. The van der Waals surface area contributed by atoms with Gasteiger partial charge in [0.15, 0.2) is 0 Å². The van der Waals surface area contributed by atoms with E-state index >= 15 is 0 Å². The Hall–Kier alpha value is -1.39. The van der Waals surface area contributed by atoms with Gasteiger partial charge in [0.2, 0.25) is 11.9 Å². The Kier molecular flexibility index (Phi) is 1.75. The molecule has 5 heteroatoms. The summed E-state index contributed by atoms with van der Waals surface area (Å²) in [6.07, 6.45) is 0. The lowest BCUT2D eigenvalue weighted by Gasteiger charge is -2.03. The van der Waals surface area contributed by atoms with E-state index in [1.807, 2.05) is 0 Å². The van der Waals surface area contributed by atoms with Crippen molar-refractivity contribution in [2.75, 3.05) is 11.5 Å². The van der Waals surface area contributed by atoms with Crippen LogP contribution < -0.4 is 11.5 Å². The van der Waals surface area contributed by atoms with Gasteiger partial charge < -0.3 is 11.5 Å². The molecule has 1 saturated carbocycles. The third-order valence-corrected chi connectivity index (χ3v) is 3.97. The van der Waals surface area contributed by atoms with Gasteiger partial charge in [0.05, 0.1) is 0 Å². The highest BCUT2D eigenvalue weighted by atomic mass is 15.2. The van der Waals surface area contributed by atoms with E-state index in [9.17, 15) is 0 Å². The fourth-order valence-electron chi connectivity index (χ4n) is 2.40. The molecule has 0 unspecified atom stereocenters. The highest BCUT2D eigenvalue weighted by Gasteiger charge is 2.66. The number of nitrogens with two attached hydrogens (primary N) is 2. The van der Waals surface area contributed by atoms with Crippen LogP contribution in [0.2, 0.25) is 0 Å². The first-order valence-electron chi connectivity index (χ1n) is 5.04. The second kappa shape index (κ2) is 2.59. The standard InChI is InChI=1S/C10H17N5/c1-9(2)5(10(9,3)4)6-13-7(11)15-8(12)14-6/h5H,1-4H3,(H4,11,12,13,14,15). The van der Waals surface area contributed by atoms with Crippen LogP contribution in [-0.4, -0.2) is 15.0 Å². The minimum absolute atomic E-state index is 0.188. The Morgan fingerprint density at radius 1 is 0.867 bits per heavy atom. The van der Waals surface area contributed by atoms with Crippen molar-refractivity contribution in [3.63, 3.8) is 0 Å². The molecule has 82 valence electrons. The Bertz CT molecular complexity index is 376. The first-order chi connectivity index (χ1) is 6.76. The van der Waals surface area contributed by atoms with Crippen molar-refractivity contribution in [2.45, 2.75) is 33.6 Å². The van der Waals surface area contributed by atoms with Gasteiger partial charge in [-0.15, -0.1) is 0 Å². The lowest BCUT2D eigenvalue weighted by molar-refractivity contribution is 0.457. The van der Waals surface area contributed by atoms with Gasteiger partial charge in [-0.25, -0.2) is 0 Å². The van der Waals surface area contributed by atoms with E-state index in [1.54, 1.807) is 0 Å². The van der Waals surface area contributed by atoms with Gasteiger partial charge in [0.25, 0.3) is 0 Å². The molecule has 0 atom stereocenters. The molecule has 1 aromatic rings. The Morgan fingerprint density at radius 2 is 1.27 bits per heavy atom. The number of aromatic nitrogens is 3. The highest BCUT2D eigenvalue weighted by Crippen LogP contribution is 2.72. The smallest absolute Gasteiger partial charge is 0.225 e. The van der Waals surface area contributed by atoms with Crippen LogP contribution in [0.4, 0.5) is 11.9 Å². The zero-order valence-corrected chi connectivity index (χ0v) is 9.57. The van der Waals surface area contributed by atoms with Crippen LogP contribution >= 0.6 is 0 Å². The summed E-state index contributed by atoms with van der Waals surface area (Å²) in [5.74, 6) is 1.43. The highest BCUT2D eigenvalue weighted by molar-refractivity contribution is 5.33. The maximum atomic E-state index is 5.56. The number of hydrogen-bond donors (Lipinski definition) is 2. The van der Waals surface area contributed by atoms with Crippen molar-refractivity contribution in [1.29, 1.82) is 0 Å². The van der Waals surface area contributed by atoms with Crippen LogP contribution in [0.15, 0.2) is 0 Å². The van der Waals surface area contributed by atoms with Crippen molar-refractivity contribution < 1.29 is 0 Å². The maximum Gasteiger partial charge on any atom is 0.225 e. The van der Waals surface area contributed by atoms with E-state index in [4.69, 9.17) is 11.5 Å². The molecule has 4 N–H and O–H groups in total. The van der Waals surface area contributed by atoms with Gasteiger partial charge in [-0.05, 0) is 10.8 Å². The van der Waals surface area contributed by atoms with Crippen LogP contribution in [0.3, 0.4) is 0 Å². The molecule has 0 bridgehead atoms. The zero-order chi connectivity index (χ0) is 11.4. The molecule has 1 fully saturated rings. The van der Waals surface area contributed by atoms with Crippen molar-refractivity contribution >= 4 is 11.9 Å². The molecule has 15 heavy (non-hydrogen) atoms. The quantitative estimate of drug-likeness (QED) is 0.721. The average molecular weight is 207 g/mol. The Balaban J connectivity index is 2.41. The van der Waals surface area contributed by atoms with E-state index in [0.717, 1.165) is 5.82 Å². The number of nitrogens with zero attached hydrogens (tertiary/aromatic N) is 3. The van der Waals surface area contributed by atoms with Crippen LogP contribution in [-0.2, 0) is 0 Å². The Labute approximate surface area is 89.3 Å². The normalized spacial score (nSPS) is 22.7. The van der Waals surface area contributed by atoms with Gasteiger partial charge in [-0.2, -0.15) is 15.0 Å². The fraction of sp³-hybridized carbons (Fsp3) is 0.700. The lowest BCUT2D eigenvalue weighted by atomic mass is 10.0. The molecule has 0 aromatic carbocycles. The Morgan fingerprint density at radius 3 is 1.60 bits per heavy atom. The predicted molar refractivity (Wildman–Crippen MR) is 59.0 cm³/mol. The van der Waals surface area contributed by atoms with Crippen LogP contribution in [0.5, 0.6) is 0 Å². The molecule has 0 spiro atoms. The predicted octanol–water partition coefficient (Wildman–Crippen LogP) is 1.19. The topological polar surface area (TPSA) is 90.7 Å². The summed E-state index contributed by atoms with van der Waals surface area (Å²) < 4.78 is 0. The minimum Gasteiger partial charge on any atom is -0.368 e. The molecule has 1 aromatic heterocycles. The van der Waals surface area contributed by atoms with E-state index < -0.39 is 0 Å². The fourth-order valence-corrected chi connectivity index (χ4v) is 2.40. The van der Waals surface area contributed by atoms with Gasteiger partial charge in [-0.3, -0.25) is 0 Å². The molecule has 1 aliphatic rings. The van der Waals surface area contributed by atoms with Gasteiger partial charge >= 0.3 is 0 Å². The number of rotatable bonds is 1. The second-order valence-corrected chi connectivity index (χ2v) is 5.29. The van der Waals surface area contributed by atoms with Gasteiger partial charge in [-0.1, -0.05) is 27.7 Å². The monoisotopic (exact) mass is 207 g/mol. The number of nitrogen functional groups attached to an aromatic ring is 2. The van der Waals surface area contributed by atoms with Crippen molar-refractivity contribution in [1.82, 2.24) is 15.0 Å². The van der Waals surface area contributed by atoms with E-state index in [1.165, 1.54) is 0 Å². The molecule has 0 amide bonds. The summed E-state index contributed by atoms with van der Waals surface area (Å²) in [5, 5.41) is 0. The molecular formula is C10H17N5. The third-order valence-electron chi connectivity index (χ3n) is 3.97. The molecule has 1 aliphatic carbocycles. The van der Waals surface area contributed by atoms with E-state index in [0.29, 0.717) is 5.92 Å². The molecular weight excluding hydrogens is 190 g/mol. The zero-order valence-electron chi connectivity index (χ0n) is 9.57. The first-order valence-corrected chi connectivity index (χ1v) is 5.04. The summed E-state index contributed by atoms with van der Waals surface area (Å²) >= 11 is 0. The summed E-state index contributed by atoms with van der Waals surface area (Å²) in [5.41, 5.74) is 11.5. The SMILES string of the molecule is CC1(C)C(c2nc(N)nc(N)n2)C1(C)C. The summed E-state index contributed by atoms with van der Waals surface area (Å²) in [4.78, 5) is 12.1. The molecule has 0 radical (unpaired) electrons. The minimum atomic E-state index is 0.188. The third kappa shape index (κ3) is 1.26.